The number of carbonyl (C=O) groups is 1. The molecule has 0 aliphatic rings. The highest BCUT2D eigenvalue weighted by molar-refractivity contribution is 9.11. The van der Waals surface area contributed by atoms with Crippen LogP contribution in [0.15, 0.2) is 21.4 Å². The Morgan fingerprint density at radius 2 is 2.44 bits per heavy atom. The fourth-order valence-corrected chi connectivity index (χ4v) is 3.34. The van der Waals surface area contributed by atoms with Crippen LogP contribution in [0.5, 0.6) is 0 Å². The molecule has 3 nitrogen and oxygen atoms in total. The predicted molar refractivity (Wildman–Crippen MR) is 72.0 cm³/mol. The molecule has 0 atom stereocenters. The van der Waals surface area contributed by atoms with Crippen LogP contribution in [0.4, 0.5) is 5.00 Å². The minimum absolute atomic E-state index is 0.00829. The molecule has 0 aliphatic carbocycles. The second-order valence-electron chi connectivity index (χ2n) is 3.02. The lowest BCUT2D eigenvalue weighted by molar-refractivity contribution is -0.115. The largest absolute Gasteiger partial charge is 0.316 e. The number of rotatable bonds is 3. The maximum Gasteiger partial charge on any atom is 0.224 e. The van der Waals surface area contributed by atoms with E-state index >= 15 is 0 Å². The van der Waals surface area contributed by atoms with Gasteiger partial charge in [0.1, 0.15) is 10.7 Å². The third-order valence-corrected chi connectivity index (χ3v) is 4.23. The number of aromatic nitrogens is 1. The Hall–Kier alpha value is -0.720. The topological polar surface area (TPSA) is 42.0 Å². The van der Waals surface area contributed by atoms with Crippen LogP contribution in [-0.4, -0.2) is 10.9 Å². The highest BCUT2D eigenvalue weighted by Crippen LogP contribution is 2.37. The molecule has 0 aliphatic heterocycles. The number of anilines is 1. The van der Waals surface area contributed by atoms with Crippen molar-refractivity contribution in [2.45, 2.75) is 13.3 Å². The molecule has 2 aromatic rings. The number of amides is 1. The molecule has 2 rings (SSSR count). The van der Waals surface area contributed by atoms with E-state index in [0.717, 1.165) is 19.5 Å². The Balaban J connectivity index is 2.34. The van der Waals surface area contributed by atoms with Crippen LogP contribution >= 0.6 is 38.6 Å². The summed E-state index contributed by atoms with van der Waals surface area (Å²) in [5.74, 6) is 0.00829. The van der Waals surface area contributed by atoms with Gasteiger partial charge in [0.25, 0.3) is 0 Å². The SMILES string of the molecule is CCC(=O)Nc1sc(Br)nc1-c1cccs1. The summed E-state index contributed by atoms with van der Waals surface area (Å²) in [6.45, 7) is 1.83. The molecule has 2 aromatic heterocycles. The molecular formula is C10H9BrN2OS2. The highest BCUT2D eigenvalue weighted by Gasteiger charge is 2.14. The summed E-state index contributed by atoms with van der Waals surface area (Å²) in [5, 5.41) is 5.66. The number of nitrogens with one attached hydrogen (secondary N) is 1. The van der Waals surface area contributed by atoms with Crippen molar-refractivity contribution in [3.05, 3.63) is 21.4 Å². The van der Waals surface area contributed by atoms with Crippen molar-refractivity contribution in [2.75, 3.05) is 5.32 Å². The molecule has 16 heavy (non-hydrogen) atoms. The molecule has 0 aromatic carbocycles. The first-order valence-electron chi connectivity index (χ1n) is 4.70. The van der Waals surface area contributed by atoms with E-state index in [1.807, 2.05) is 24.4 Å². The maximum absolute atomic E-state index is 11.4. The monoisotopic (exact) mass is 316 g/mol. The zero-order valence-corrected chi connectivity index (χ0v) is 11.7. The lowest BCUT2D eigenvalue weighted by Crippen LogP contribution is -2.08. The number of carbonyl (C=O) groups excluding carboxylic acids is 1. The predicted octanol–water partition coefficient (Wildman–Crippen LogP) is 3.98. The van der Waals surface area contributed by atoms with Gasteiger partial charge in [0.05, 0.1) is 4.88 Å². The van der Waals surface area contributed by atoms with Crippen LogP contribution in [0, 0.1) is 0 Å². The van der Waals surface area contributed by atoms with E-state index in [4.69, 9.17) is 0 Å². The van der Waals surface area contributed by atoms with Gasteiger partial charge in [0, 0.05) is 6.42 Å². The summed E-state index contributed by atoms with van der Waals surface area (Å²) in [6, 6.07) is 3.96. The molecule has 1 N–H and O–H groups in total. The minimum atomic E-state index is 0.00829. The standard InChI is InChI=1S/C10H9BrN2OS2/c1-2-7(14)12-9-8(13-10(11)16-9)6-4-3-5-15-6/h3-5H,2H2,1H3,(H,12,14). The fraction of sp³-hybridized carbons (Fsp3) is 0.200. The van der Waals surface area contributed by atoms with Gasteiger partial charge in [-0.2, -0.15) is 0 Å². The van der Waals surface area contributed by atoms with Gasteiger partial charge in [0.2, 0.25) is 5.91 Å². The Labute approximate surface area is 110 Å². The average Bonchev–Trinajstić information content (AvgIpc) is 2.87. The van der Waals surface area contributed by atoms with Crippen molar-refractivity contribution in [3.63, 3.8) is 0 Å². The number of thiophene rings is 1. The maximum atomic E-state index is 11.4. The summed E-state index contributed by atoms with van der Waals surface area (Å²) in [6.07, 6.45) is 0.472. The van der Waals surface area contributed by atoms with Crippen LogP contribution in [0.25, 0.3) is 10.6 Å². The second kappa shape index (κ2) is 5.07. The van der Waals surface area contributed by atoms with Gasteiger partial charge < -0.3 is 5.32 Å². The van der Waals surface area contributed by atoms with Crippen LogP contribution in [0.1, 0.15) is 13.3 Å². The lowest BCUT2D eigenvalue weighted by atomic mass is 10.3. The van der Waals surface area contributed by atoms with Crippen LogP contribution in [0.2, 0.25) is 0 Å². The van der Waals surface area contributed by atoms with Crippen LogP contribution in [0.3, 0.4) is 0 Å². The normalized spacial score (nSPS) is 10.4. The number of hydrogen-bond donors (Lipinski definition) is 1. The summed E-state index contributed by atoms with van der Waals surface area (Å²) < 4.78 is 0.780. The van der Waals surface area contributed by atoms with Gasteiger partial charge >= 0.3 is 0 Å². The van der Waals surface area contributed by atoms with Crippen LogP contribution in [-0.2, 0) is 4.79 Å². The van der Waals surface area contributed by atoms with Crippen LogP contribution < -0.4 is 5.32 Å². The molecule has 0 unspecified atom stereocenters. The molecule has 2 heterocycles. The molecule has 0 saturated heterocycles. The zero-order valence-electron chi connectivity index (χ0n) is 8.49. The van der Waals surface area contributed by atoms with Crippen molar-refractivity contribution >= 4 is 49.5 Å². The van der Waals surface area contributed by atoms with Gasteiger partial charge in [-0.1, -0.05) is 24.3 Å². The fourth-order valence-electron chi connectivity index (χ4n) is 1.17. The van der Waals surface area contributed by atoms with E-state index < -0.39 is 0 Å². The molecule has 0 bridgehead atoms. The van der Waals surface area contributed by atoms with Crippen molar-refractivity contribution in [1.29, 1.82) is 0 Å². The number of nitrogens with zero attached hydrogens (tertiary/aromatic N) is 1. The van der Waals surface area contributed by atoms with E-state index in [1.54, 1.807) is 11.3 Å². The summed E-state index contributed by atoms with van der Waals surface area (Å²) in [5.41, 5.74) is 0.841. The van der Waals surface area contributed by atoms with E-state index in [1.165, 1.54) is 11.3 Å². The van der Waals surface area contributed by atoms with E-state index in [-0.39, 0.29) is 5.91 Å². The Morgan fingerprint density at radius 3 is 3.06 bits per heavy atom. The molecule has 6 heteroatoms. The Kier molecular flexibility index (Phi) is 3.73. The molecular weight excluding hydrogens is 308 g/mol. The molecule has 0 radical (unpaired) electrons. The van der Waals surface area contributed by atoms with Gasteiger partial charge in [-0.05, 0) is 27.4 Å². The minimum Gasteiger partial charge on any atom is -0.316 e. The highest BCUT2D eigenvalue weighted by atomic mass is 79.9. The first kappa shape index (κ1) is 11.8. The van der Waals surface area contributed by atoms with E-state index in [2.05, 4.69) is 26.2 Å². The Bertz CT molecular complexity index is 493. The molecule has 1 amide bonds. The van der Waals surface area contributed by atoms with E-state index in [0.29, 0.717) is 6.42 Å². The first-order chi connectivity index (χ1) is 7.70. The third-order valence-electron chi connectivity index (χ3n) is 1.93. The number of hydrogen-bond acceptors (Lipinski definition) is 4. The van der Waals surface area contributed by atoms with Gasteiger partial charge in [0.15, 0.2) is 3.92 Å². The average molecular weight is 317 g/mol. The van der Waals surface area contributed by atoms with Gasteiger partial charge in [-0.3, -0.25) is 4.79 Å². The van der Waals surface area contributed by atoms with E-state index in [9.17, 15) is 4.79 Å². The first-order valence-corrected chi connectivity index (χ1v) is 7.19. The van der Waals surface area contributed by atoms with Crippen molar-refractivity contribution in [1.82, 2.24) is 4.98 Å². The summed E-state index contributed by atoms with van der Waals surface area (Å²) >= 11 is 6.39. The van der Waals surface area contributed by atoms with Crippen molar-refractivity contribution < 1.29 is 4.79 Å². The molecule has 0 saturated carbocycles. The third kappa shape index (κ3) is 2.50. The summed E-state index contributed by atoms with van der Waals surface area (Å²) in [4.78, 5) is 16.8. The second-order valence-corrected chi connectivity index (χ2v) is 6.25. The number of thiazole rings is 1. The zero-order chi connectivity index (χ0) is 11.5. The lowest BCUT2D eigenvalue weighted by Gasteiger charge is -2.01. The van der Waals surface area contributed by atoms with Crippen molar-refractivity contribution in [2.24, 2.45) is 0 Å². The Morgan fingerprint density at radius 1 is 1.62 bits per heavy atom. The van der Waals surface area contributed by atoms with Gasteiger partial charge in [-0.15, -0.1) is 11.3 Å². The quantitative estimate of drug-likeness (QED) is 0.930. The molecule has 0 spiro atoms. The smallest absolute Gasteiger partial charge is 0.224 e. The molecule has 0 fully saturated rings. The summed E-state index contributed by atoms with van der Waals surface area (Å²) in [7, 11) is 0. The number of halogens is 1. The van der Waals surface area contributed by atoms with Gasteiger partial charge in [-0.25, -0.2) is 4.98 Å². The molecule has 84 valence electrons. The van der Waals surface area contributed by atoms with Crippen molar-refractivity contribution in [3.8, 4) is 10.6 Å².